The molecule has 2 aromatic rings. The topological polar surface area (TPSA) is 41.1 Å². The molecule has 1 aromatic heterocycles. The molecule has 2 atom stereocenters. The quantitative estimate of drug-likeness (QED) is 0.662. The molecule has 2 N–H and O–H groups in total. The second kappa shape index (κ2) is 6.78. The smallest absolute Gasteiger partial charge is 0.256 e. The zero-order valence-corrected chi connectivity index (χ0v) is 17.4. The standard InChI is InChI=1S/C21H24ClFN2OS/c1-4-21(2,3)11-8-9-12-15(10-11)27-20-16(12)19(26)24-18(25-20)17-13(22)6-5-7-14(17)23/h5-7,11,18,25H,4,8-10H2,1-3H3,(H,24,26)/t11-,18-/m0/s1. The van der Waals surface area contributed by atoms with Gasteiger partial charge in [0, 0.05) is 10.4 Å². The molecule has 4 rings (SSSR count). The van der Waals surface area contributed by atoms with Crippen molar-refractivity contribution >= 4 is 33.8 Å². The number of thiophene rings is 1. The summed E-state index contributed by atoms with van der Waals surface area (Å²) < 4.78 is 14.3. The van der Waals surface area contributed by atoms with Gasteiger partial charge >= 0.3 is 0 Å². The fourth-order valence-electron chi connectivity index (χ4n) is 4.18. The Bertz CT molecular complexity index is 888. The molecule has 1 aromatic carbocycles. The number of nitrogens with one attached hydrogen (secondary N) is 2. The molecule has 0 radical (unpaired) electrons. The van der Waals surface area contributed by atoms with Gasteiger partial charge in [0.05, 0.1) is 10.6 Å². The molecule has 0 bridgehead atoms. The third kappa shape index (κ3) is 3.15. The van der Waals surface area contributed by atoms with Crippen LogP contribution in [0.25, 0.3) is 0 Å². The highest BCUT2D eigenvalue weighted by Gasteiger charge is 2.38. The SMILES string of the molecule is CCC(C)(C)[C@H]1CCc2c(sc3c2C(=O)N[C@H](c2c(F)cccc2Cl)N3)C1. The number of benzene rings is 1. The molecule has 2 aliphatic rings. The van der Waals surface area contributed by atoms with E-state index in [4.69, 9.17) is 11.6 Å². The van der Waals surface area contributed by atoms with Gasteiger partial charge < -0.3 is 10.6 Å². The minimum absolute atomic E-state index is 0.140. The molecule has 0 unspecified atom stereocenters. The van der Waals surface area contributed by atoms with Crippen molar-refractivity contribution in [2.24, 2.45) is 11.3 Å². The predicted octanol–water partition coefficient (Wildman–Crippen LogP) is 5.94. The van der Waals surface area contributed by atoms with Crippen molar-refractivity contribution in [3.8, 4) is 0 Å². The highest BCUT2D eigenvalue weighted by atomic mass is 35.5. The third-order valence-corrected chi connectivity index (χ3v) is 7.86. The Morgan fingerprint density at radius 3 is 2.81 bits per heavy atom. The Hall–Kier alpha value is -1.59. The zero-order chi connectivity index (χ0) is 19.3. The molecular weight excluding hydrogens is 383 g/mol. The van der Waals surface area contributed by atoms with Crippen LogP contribution < -0.4 is 10.6 Å². The van der Waals surface area contributed by atoms with Crippen LogP contribution in [-0.2, 0) is 12.8 Å². The third-order valence-electron chi connectivity index (χ3n) is 6.35. The highest BCUT2D eigenvalue weighted by Crippen LogP contribution is 2.47. The Morgan fingerprint density at radius 1 is 1.33 bits per heavy atom. The van der Waals surface area contributed by atoms with Crippen molar-refractivity contribution in [1.29, 1.82) is 0 Å². The van der Waals surface area contributed by atoms with Crippen LogP contribution in [0, 0.1) is 17.2 Å². The first kappa shape index (κ1) is 18.8. The van der Waals surface area contributed by atoms with E-state index in [1.54, 1.807) is 23.5 Å². The van der Waals surface area contributed by atoms with Crippen LogP contribution in [0.1, 0.15) is 66.1 Å². The Labute approximate surface area is 168 Å². The van der Waals surface area contributed by atoms with Gasteiger partial charge in [-0.3, -0.25) is 4.79 Å². The number of carbonyl (C=O) groups is 1. The monoisotopic (exact) mass is 406 g/mol. The number of hydrogen-bond acceptors (Lipinski definition) is 3. The lowest BCUT2D eigenvalue weighted by Gasteiger charge is -2.36. The molecule has 3 nitrogen and oxygen atoms in total. The maximum Gasteiger partial charge on any atom is 0.256 e. The summed E-state index contributed by atoms with van der Waals surface area (Å²) in [7, 11) is 0. The minimum atomic E-state index is -0.651. The van der Waals surface area contributed by atoms with E-state index in [1.807, 2.05) is 0 Å². The Morgan fingerprint density at radius 2 is 2.11 bits per heavy atom. The normalized spacial score (nSPS) is 21.9. The first-order chi connectivity index (χ1) is 12.8. The van der Waals surface area contributed by atoms with Gasteiger partial charge in [-0.25, -0.2) is 4.39 Å². The average molecular weight is 407 g/mol. The van der Waals surface area contributed by atoms with E-state index in [0.717, 1.165) is 36.2 Å². The summed E-state index contributed by atoms with van der Waals surface area (Å²) in [5, 5.41) is 7.35. The van der Waals surface area contributed by atoms with Crippen LogP contribution in [-0.4, -0.2) is 5.91 Å². The lowest BCUT2D eigenvalue weighted by Crippen LogP contribution is -2.39. The predicted molar refractivity (Wildman–Crippen MR) is 109 cm³/mol. The molecule has 2 heterocycles. The number of fused-ring (bicyclic) bond motifs is 3. The summed E-state index contributed by atoms with van der Waals surface area (Å²) in [4.78, 5) is 14.1. The van der Waals surface area contributed by atoms with Gasteiger partial charge in [-0.2, -0.15) is 0 Å². The average Bonchev–Trinajstić information content (AvgIpc) is 2.99. The lowest BCUT2D eigenvalue weighted by molar-refractivity contribution is 0.0934. The molecular formula is C21H24ClFN2OS. The second-order valence-electron chi connectivity index (χ2n) is 8.18. The van der Waals surface area contributed by atoms with E-state index in [-0.39, 0.29) is 11.5 Å². The van der Waals surface area contributed by atoms with Gasteiger partial charge in [0.2, 0.25) is 0 Å². The number of anilines is 1. The van der Waals surface area contributed by atoms with Gasteiger partial charge in [0.1, 0.15) is 17.0 Å². The van der Waals surface area contributed by atoms with E-state index in [0.29, 0.717) is 16.4 Å². The van der Waals surface area contributed by atoms with Gasteiger partial charge in [0.15, 0.2) is 0 Å². The zero-order valence-electron chi connectivity index (χ0n) is 15.8. The van der Waals surface area contributed by atoms with Gasteiger partial charge in [-0.05, 0) is 48.3 Å². The van der Waals surface area contributed by atoms with Gasteiger partial charge in [-0.1, -0.05) is 44.9 Å². The summed E-state index contributed by atoms with van der Waals surface area (Å²) in [6.45, 7) is 6.90. The fourth-order valence-corrected chi connectivity index (χ4v) is 5.81. The molecule has 0 saturated heterocycles. The largest absolute Gasteiger partial charge is 0.352 e. The highest BCUT2D eigenvalue weighted by molar-refractivity contribution is 7.16. The van der Waals surface area contributed by atoms with Crippen LogP contribution in [0.2, 0.25) is 5.02 Å². The summed E-state index contributed by atoms with van der Waals surface area (Å²) in [6, 6.07) is 4.57. The molecule has 1 aliphatic heterocycles. The van der Waals surface area contributed by atoms with Crippen LogP contribution in [0.3, 0.4) is 0 Å². The van der Waals surface area contributed by atoms with Crippen molar-refractivity contribution in [2.75, 3.05) is 5.32 Å². The van der Waals surface area contributed by atoms with Crippen LogP contribution in [0.5, 0.6) is 0 Å². The van der Waals surface area contributed by atoms with Crippen LogP contribution in [0.4, 0.5) is 9.39 Å². The molecule has 6 heteroatoms. The number of carbonyl (C=O) groups excluding carboxylic acids is 1. The molecule has 0 fully saturated rings. The van der Waals surface area contributed by atoms with E-state index in [9.17, 15) is 9.18 Å². The molecule has 0 saturated carbocycles. The number of hydrogen-bond donors (Lipinski definition) is 2. The maximum atomic E-state index is 14.3. The molecule has 1 aliphatic carbocycles. The molecule has 144 valence electrons. The number of halogens is 2. The van der Waals surface area contributed by atoms with E-state index in [1.165, 1.54) is 16.5 Å². The van der Waals surface area contributed by atoms with Crippen molar-refractivity contribution in [1.82, 2.24) is 5.32 Å². The van der Waals surface area contributed by atoms with Crippen molar-refractivity contribution < 1.29 is 9.18 Å². The van der Waals surface area contributed by atoms with Crippen LogP contribution >= 0.6 is 22.9 Å². The van der Waals surface area contributed by atoms with Gasteiger partial charge in [0.25, 0.3) is 5.91 Å². The molecule has 27 heavy (non-hydrogen) atoms. The van der Waals surface area contributed by atoms with Crippen molar-refractivity contribution in [3.05, 3.63) is 50.6 Å². The van der Waals surface area contributed by atoms with Crippen molar-refractivity contribution in [3.63, 3.8) is 0 Å². The Balaban J connectivity index is 1.67. The number of amides is 1. The maximum absolute atomic E-state index is 14.3. The summed E-state index contributed by atoms with van der Waals surface area (Å²) in [5.41, 5.74) is 2.49. The van der Waals surface area contributed by atoms with E-state index in [2.05, 4.69) is 31.4 Å². The summed E-state index contributed by atoms with van der Waals surface area (Å²) in [5.74, 6) is 0.0589. The van der Waals surface area contributed by atoms with Gasteiger partial charge in [-0.15, -0.1) is 11.3 Å². The first-order valence-corrected chi connectivity index (χ1v) is 10.7. The summed E-state index contributed by atoms with van der Waals surface area (Å²) >= 11 is 7.84. The Kier molecular flexibility index (Phi) is 4.71. The van der Waals surface area contributed by atoms with Crippen LogP contribution in [0.15, 0.2) is 18.2 Å². The first-order valence-electron chi connectivity index (χ1n) is 9.47. The fraction of sp³-hybridized carbons (Fsp3) is 0.476. The lowest BCUT2D eigenvalue weighted by atomic mass is 9.69. The summed E-state index contributed by atoms with van der Waals surface area (Å²) in [6.07, 6.45) is 3.53. The number of rotatable bonds is 3. The van der Waals surface area contributed by atoms with E-state index >= 15 is 0 Å². The minimum Gasteiger partial charge on any atom is -0.352 e. The molecule has 1 amide bonds. The van der Waals surface area contributed by atoms with E-state index < -0.39 is 12.0 Å². The molecule has 0 spiro atoms. The van der Waals surface area contributed by atoms with Crippen molar-refractivity contribution in [2.45, 2.75) is 52.6 Å². The second-order valence-corrected chi connectivity index (χ2v) is 9.69.